The number of carbonyl (C=O) groups excluding carboxylic acids is 2. The summed E-state index contributed by atoms with van der Waals surface area (Å²) in [4.78, 5) is 22.7. The molecule has 1 saturated carbocycles. The molecule has 2 atom stereocenters. The molecular formula is C13H23NO4. The lowest BCUT2D eigenvalue weighted by Crippen LogP contribution is -2.48. The molecule has 0 unspecified atom stereocenters. The Kier molecular flexibility index (Phi) is 4.99. The Morgan fingerprint density at radius 3 is 2.33 bits per heavy atom. The van der Waals surface area contributed by atoms with Gasteiger partial charge in [-0.15, -0.1) is 0 Å². The molecule has 5 heteroatoms. The molecule has 18 heavy (non-hydrogen) atoms. The Morgan fingerprint density at radius 2 is 1.78 bits per heavy atom. The fraction of sp³-hybridized carbons (Fsp3) is 0.846. The summed E-state index contributed by atoms with van der Waals surface area (Å²) in [5.74, 6) is -0.308. The minimum Gasteiger partial charge on any atom is -0.460 e. The van der Waals surface area contributed by atoms with E-state index in [0.29, 0.717) is 0 Å². The maximum atomic E-state index is 11.7. The van der Waals surface area contributed by atoms with Crippen LogP contribution >= 0.6 is 0 Å². The summed E-state index contributed by atoms with van der Waals surface area (Å²) in [5, 5.41) is 2.79. The summed E-state index contributed by atoms with van der Waals surface area (Å²) in [6, 6.07) is -0.141. The highest BCUT2D eigenvalue weighted by molar-refractivity contribution is 5.69. The van der Waals surface area contributed by atoms with Crippen LogP contribution in [0, 0.1) is 0 Å². The number of alkyl carbamates (subject to hydrolysis) is 1. The molecule has 1 aliphatic rings. The lowest BCUT2D eigenvalue weighted by molar-refractivity contribution is -0.149. The van der Waals surface area contributed by atoms with Crippen LogP contribution in [0.1, 0.15) is 53.4 Å². The van der Waals surface area contributed by atoms with E-state index in [4.69, 9.17) is 9.47 Å². The molecule has 0 bridgehead atoms. The van der Waals surface area contributed by atoms with Crippen molar-refractivity contribution in [1.29, 1.82) is 0 Å². The zero-order chi connectivity index (χ0) is 13.8. The van der Waals surface area contributed by atoms with Crippen molar-refractivity contribution in [2.45, 2.75) is 71.1 Å². The molecule has 0 aliphatic heterocycles. The maximum Gasteiger partial charge on any atom is 0.408 e. The first-order chi connectivity index (χ1) is 8.28. The van der Waals surface area contributed by atoms with Crippen molar-refractivity contribution in [2.24, 2.45) is 0 Å². The van der Waals surface area contributed by atoms with Crippen molar-refractivity contribution in [1.82, 2.24) is 5.32 Å². The van der Waals surface area contributed by atoms with Gasteiger partial charge in [0.15, 0.2) is 0 Å². The van der Waals surface area contributed by atoms with Crippen LogP contribution in [0.15, 0.2) is 0 Å². The predicted octanol–water partition coefficient (Wildman–Crippen LogP) is 2.39. The van der Waals surface area contributed by atoms with Gasteiger partial charge in [0, 0.05) is 6.92 Å². The first-order valence-corrected chi connectivity index (χ1v) is 6.44. The molecule has 1 fully saturated rings. The molecule has 1 aliphatic carbocycles. The second-order valence-electron chi connectivity index (χ2n) is 5.69. The van der Waals surface area contributed by atoms with Crippen molar-refractivity contribution in [3.63, 3.8) is 0 Å². The molecule has 5 nitrogen and oxygen atoms in total. The van der Waals surface area contributed by atoms with Gasteiger partial charge in [-0.1, -0.05) is 6.42 Å². The van der Waals surface area contributed by atoms with Crippen LogP contribution in [0.5, 0.6) is 0 Å². The first kappa shape index (κ1) is 14.8. The molecule has 1 amide bonds. The second kappa shape index (κ2) is 6.07. The molecule has 0 spiro atoms. The monoisotopic (exact) mass is 257 g/mol. The van der Waals surface area contributed by atoms with Gasteiger partial charge < -0.3 is 14.8 Å². The van der Waals surface area contributed by atoms with Gasteiger partial charge in [0.1, 0.15) is 11.7 Å². The van der Waals surface area contributed by atoms with Crippen LogP contribution in [0.3, 0.4) is 0 Å². The van der Waals surface area contributed by atoms with Gasteiger partial charge in [-0.25, -0.2) is 4.79 Å². The van der Waals surface area contributed by atoms with Gasteiger partial charge in [-0.05, 0) is 40.0 Å². The number of hydrogen-bond acceptors (Lipinski definition) is 4. The van der Waals surface area contributed by atoms with Crippen LogP contribution in [-0.4, -0.2) is 29.8 Å². The molecule has 0 aromatic heterocycles. The van der Waals surface area contributed by atoms with E-state index in [1.165, 1.54) is 6.92 Å². The largest absolute Gasteiger partial charge is 0.460 e. The molecule has 0 aromatic rings. The van der Waals surface area contributed by atoms with Crippen molar-refractivity contribution in [3.8, 4) is 0 Å². The van der Waals surface area contributed by atoms with Gasteiger partial charge in [0.05, 0.1) is 6.04 Å². The van der Waals surface area contributed by atoms with Gasteiger partial charge >= 0.3 is 12.1 Å². The highest BCUT2D eigenvalue weighted by atomic mass is 16.6. The molecule has 0 heterocycles. The van der Waals surface area contributed by atoms with E-state index in [-0.39, 0.29) is 18.1 Å². The summed E-state index contributed by atoms with van der Waals surface area (Å²) in [6.45, 7) is 6.84. The summed E-state index contributed by atoms with van der Waals surface area (Å²) >= 11 is 0. The van der Waals surface area contributed by atoms with Crippen molar-refractivity contribution in [2.75, 3.05) is 0 Å². The van der Waals surface area contributed by atoms with Crippen molar-refractivity contribution >= 4 is 12.1 Å². The minimum absolute atomic E-state index is 0.141. The first-order valence-electron chi connectivity index (χ1n) is 6.44. The summed E-state index contributed by atoms with van der Waals surface area (Å²) in [6.07, 6.45) is 2.97. The average molecular weight is 257 g/mol. The summed E-state index contributed by atoms with van der Waals surface area (Å²) < 4.78 is 10.4. The van der Waals surface area contributed by atoms with Crippen molar-refractivity contribution < 1.29 is 19.1 Å². The van der Waals surface area contributed by atoms with Crippen LogP contribution in [0.2, 0.25) is 0 Å². The van der Waals surface area contributed by atoms with E-state index in [1.807, 2.05) is 20.8 Å². The smallest absolute Gasteiger partial charge is 0.408 e. The molecule has 0 saturated heterocycles. The maximum absolute atomic E-state index is 11.7. The highest BCUT2D eigenvalue weighted by Gasteiger charge is 2.30. The van der Waals surface area contributed by atoms with E-state index in [1.54, 1.807) is 0 Å². The lowest BCUT2D eigenvalue weighted by Gasteiger charge is -2.32. The third-order valence-electron chi connectivity index (χ3n) is 2.72. The van der Waals surface area contributed by atoms with Crippen molar-refractivity contribution in [3.05, 3.63) is 0 Å². The van der Waals surface area contributed by atoms with Crippen LogP contribution in [0.25, 0.3) is 0 Å². The number of rotatable bonds is 2. The number of esters is 1. The topological polar surface area (TPSA) is 64.6 Å². The quantitative estimate of drug-likeness (QED) is 0.771. The molecule has 0 aromatic carbocycles. The molecule has 104 valence electrons. The zero-order valence-corrected chi connectivity index (χ0v) is 11.6. The molecule has 0 radical (unpaired) electrons. The number of amides is 1. The Morgan fingerprint density at radius 1 is 1.17 bits per heavy atom. The normalized spacial score (nSPS) is 24.2. The third kappa shape index (κ3) is 5.38. The minimum atomic E-state index is -0.518. The number of carbonyl (C=O) groups is 2. The Labute approximate surface area is 108 Å². The van der Waals surface area contributed by atoms with E-state index < -0.39 is 11.7 Å². The fourth-order valence-corrected chi connectivity index (χ4v) is 2.08. The van der Waals surface area contributed by atoms with Gasteiger partial charge in [-0.3, -0.25) is 4.79 Å². The number of ether oxygens (including phenoxy) is 2. The van der Waals surface area contributed by atoms with E-state index in [2.05, 4.69) is 5.32 Å². The van der Waals surface area contributed by atoms with E-state index in [9.17, 15) is 9.59 Å². The third-order valence-corrected chi connectivity index (χ3v) is 2.72. The Bertz CT molecular complexity index is 309. The second-order valence-corrected chi connectivity index (χ2v) is 5.69. The van der Waals surface area contributed by atoms with E-state index >= 15 is 0 Å². The Balaban J connectivity index is 2.51. The zero-order valence-electron chi connectivity index (χ0n) is 11.6. The standard InChI is InChI=1S/C13H23NO4/c1-9(15)17-11-8-6-5-7-10(11)14-12(16)18-13(2,3)4/h10-11H,5-8H2,1-4H3,(H,14,16)/t10-,11-/m1/s1. The fourth-order valence-electron chi connectivity index (χ4n) is 2.08. The SMILES string of the molecule is CC(=O)O[C@@H]1CCCC[C@H]1NC(=O)OC(C)(C)C. The van der Waals surface area contributed by atoms with E-state index in [0.717, 1.165) is 25.7 Å². The Hall–Kier alpha value is -1.26. The molecule has 1 N–H and O–H groups in total. The highest BCUT2D eigenvalue weighted by Crippen LogP contribution is 2.22. The lowest BCUT2D eigenvalue weighted by atomic mass is 9.92. The van der Waals surface area contributed by atoms with Crippen LogP contribution in [-0.2, 0) is 14.3 Å². The average Bonchev–Trinajstić information content (AvgIpc) is 2.17. The summed E-state index contributed by atoms with van der Waals surface area (Å²) in [7, 11) is 0. The number of nitrogens with one attached hydrogen (secondary N) is 1. The number of hydrogen-bond donors (Lipinski definition) is 1. The predicted molar refractivity (Wildman–Crippen MR) is 67.2 cm³/mol. The molecule has 1 rings (SSSR count). The molecular weight excluding hydrogens is 234 g/mol. The van der Waals surface area contributed by atoms with Gasteiger partial charge in [0.2, 0.25) is 0 Å². The van der Waals surface area contributed by atoms with Crippen LogP contribution in [0.4, 0.5) is 4.79 Å². The van der Waals surface area contributed by atoms with Gasteiger partial charge in [-0.2, -0.15) is 0 Å². The van der Waals surface area contributed by atoms with Crippen LogP contribution < -0.4 is 5.32 Å². The summed E-state index contributed by atoms with van der Waals surface area (Å²) in [5.41, 5.74) is -0.518. The van der Waals surface area contributed by atoms with Gasteiger partial charge in [0.25, 0.3) is 0 Å².